The zero-order chi connectivity index (χ0) is 12.4. The summed E-state index contributed by atoms with van der Waals surface area (Å²) in [5.41, 5.74) is 0.228. The maximum atomic E-state index is 11.0. The van der Waals surface area contributed by atoms with Crippen LogP contribution in [0, 0.1) is 10.1 Å². The Morgan fingerprint density at radius 1 is 1.59 bits per heavy atom. The largest absolute Gasteiger partial charge is 0.490 e. The number of ether oxygens (including phenoxy) is 2. The van der Waals surface area contributed by atoms with Crippen molar-refractivity contribution in [1.82, 2.24) is 5.32 Å². The molecule has 1 aliphatic rings. The van der Waals surface area contributed by atoms with Crippen molar-refractivity contribution in [3.63, 3.8) is 0 Å². The standard InChI is InChI=1S/C10H10N2O5/c1-16-8-4-2-3-6(9(8)12(14)15)7-5-17-10(13)11-7/h2-4,7H,5H2,1H3,(H,11,13). The highest BCUT2D eigenvalue weighted by Gasteiger charge is 2.32. The second kappa shape index (κ2) is 4.28. The molecule has 17 heavy (non-hydrogen) atoms. The van der Waals surface area contributed by atoms with E-state index >= 15 is 0 Å². The van der Waals surface area contributed by atoms with Crippen LogP contribution in [0.5, 0.6) is 5.75 Å². The van der Waals surface area contributed by atoms with E-state index in [9.17, 15) is 14.9 Å². The maximum absolute atomic E-state index is 11.0. The van der Waals surface area contributed by atoms with Gasteiger partial charge in [-0.15, -0.1) is 0 Å². The summed E-state index contributed by atoms with van der Waals surface area (Å²) in [6.45, 7) is 0.0762. The summed E-state index contributed by atoms with van der Waals surface area (Å²) in [5.74, 6) is 0.161. The lowest BCUT2D eigenvalue weighted by Gasteiger charge is -2.10. The van der Waals surface area contributed by atoms with E-state index < -0.39 is 17.1 Å². The number of amides is 1. The second-order valence-electron chi connectivity index (χ2n) is 3.45. The van der Waals surface area contributed by atoms with Gasteiger partial charge in [0.25, 0.3) is 0 Å². The molecule has 0 bridgehead atoms. The number of benzene rings is 1. The molecule has 1 fully saturated rings. The Balaban J connectivity index is 2.45. The van der Waals surface area contributed by atoms with Gasteiger partial charge in [0.15, 0.2) is 5.75 Å². The minimum atomic E-state index is -0.577. The molecular formula is C10H10N2O5. The molecule has 1 unspecified atom stereocenters. The number of nitro benzene ring substituents is 1. The highest BCUT2D eigenvalue weighted by atomic mass is 16.6. The van der Waals surface area contributed by atoms with Crippen LogP contribution in [0.2, 0.25) is 0 Å². The van der Waals surface area contributed by atoms with Gasteiger partial charge in [-0.2, -0.15) is 0 Å². The number of carbonyl (C=O) groups excluding carboxylic acids is 1. The molecule has 0 radical (unpaired) electrons. The van der Waals surface area contributed by atoms with Crippen LogP contribution in [0.15, 0.2) is 18.2 Å². The summed E-state index contributed by atoms with van der Waals surface area (Å²) in [6, 6.07) is 4.18. The fraction of sp³-hybridized carbons (Fsp3) is 0.300. The number of nitrogens with zero attached hydrogens (tertiary/aromatic N) is 1. The van der Waals surface area contributed by atoms with Gasteiger partial charge >= 0.3 is 11.8 Å². The summed E-state index contributed by atoms with van der Waals surface area (Å²) < 4.78 is 9.65. The van der Waals surface area contributed by atoms with Gasteiger partial charge in [0.2, 0.25) is 0 Å². The molecule has 0 aromatic heterocycles. The van der Waals surface area contributed by atoms with Crippen molar-refractivity contribution in [1.29, 1.82) is 0 Å². The van der Waals surface area contributed by atoms with Crippen molar-refractivity contribution < 1.29 is 19.2 Å². The number of nitro groups is 1. The van der Waals surface area contributed by atoms with Crippen LogP contribution >= 0.6 is 0 Å². The number of rotatable bonds is 3. The van der Waals surface area contributed by atoms with E-state index in [1.165, 1.54) is 13.2 Å². The Hall–Kier alpha value is -2.31. The third-order valence-corrected chi connectivity index (χ3v) is 2.48. The summed E-state index contributed by atoms with van der Waals surface area (Å²) in [5, 5.41) is 13.5. The Kier molecular flexibility index (Phi) is 2.82. The molecule has 2 rings (SSSR count). The molecule has 90 valence electrons. The molecule has 1 aromatic rings. The van der Waals surface area contributed by atoms with E-state index in [4.69, 9.17) is 9.47 Å². The quantitative estimate of drug-likeness (QED) is 0.634. The molecule has 7 heteroatoms. The molecule has 1 N–H and O–H groups in total. The number of methoxy groups -OCH3 is 1. The van der Waals surface area contributed by atoms with Gasteiger partial charge in [-0.25, -0.2) is 4.79 Å². The van der Waals surface area contributed by atoms with Gasteiger partial charge in [-0.3, -0.25) is 10.1 Å². The number of nitrogens with one attached hydrogen (secondary N) is 1. The Morgan fingerprint density at radius 3 is 2.88 bits per heavy atom. The van der Waals surface area contributed by atoms with Crippen molar-refractivity contribution in [3.8, 4) is 5.75 Å². The number of hydrogen-bond donors (Lipinski definition) is 1. The molecule has 0 spiro atoms. The average molecular weight is 238 g/mol. The predicted octanol–water partition coefficient (Wildman–Crippen LogP) is 1.38. The predicted molar refractivity (Wildman–Crippen MR) is 56.9 cm³/mol. The molecule has 7 nitrogen and oxygen atoms in total. The van der Waals surface area contributed by atoms with Crippen LogP contribution in [0.3, 0.4) is 0 Å². The van der Waals surface area contributed by atoms with Crippen molar-refractivity contribution in [2.75, 3.05) is 13.7 Å². The molecule has 1 heterocycles. The summed E-state index contributed by atoms with van der Waals surface area (Å²) in [4.78, 5) is 21.4. The second-order valence-corrected chi connectivity index (χ2v) is 3.45. The summed E-state index contributed by atoms with van der Waals surface area (Å²) in [6.07, 6.45) is -0.577. The van der Waals surface area contributed by atoms with Crippen LogP contribution < -0.4 is 10.1 Å². The number of para-hydroxylation sites is 1. The highest BCUT2D eigenvalue weighted by molar-refractivity contribution is 5.71. The lowest BCUT2D eigenvalue weighted by atomic mass is 10.1. The summed E-state index contributed by atoms with van der Waals surface area (Å²) >= 11 is 0. The van der Waals surface area contributed by atoms with Crippen molar-refractivity contribution in [2.45, 2.75) is 6.04 Å². The fourth-order valence-corrected chi connectivity index (χ4v) is 1.73. The van der Waals surface area contributed by atoms with E-state index in [1.54, 1.807) is 12.1 Å². The Morgan fingerprint density at radius 2 is 2.35 bits per heavy atom. The van der Waals surface area contributed by atoms with E-state index in [1.807, 2.05) is 0 Å². The van der Waals surface area contributed by atoms with Gasteiger partial charge in [-0.1, -0.05) is 6.07 Å². The van der Waals surface area contributed by atoms with E-state index in [0.29, 0.717) is 5.56 Å². The minimum Gasteiger partial charge on any atom is -0.490 e. The maximum Gasteiger partial charge on any atom is 0.407 e. The number of carbonyl (C=O) groups is 1. The van der Waals surface area contributed by atoms with Crippen LogP contribution in [0.1, 0.15) is 11.6 Å². The molecule has 1 aliphatic heterocycles. The SMILES string of the molecule is COc1cccc(C2COC(=O)N2)c1[N+](=O)[O-]. The van der Waals surface area contributed by atoms with Gasteiger partial charge in [0, 0.05) is 0 Å². The molecule has 1 amide bonds. The van der Waals surface area contributed by atoms with Gasteiger partial charge in [0.05, 0.1) is 23.6 Å². The zero-order valence-electron chi connectivity index (χ0n) is 9.00. The number of hydrogen-bond acceptors (Lipinski definition) is 5. The fourth-order valence-electron chi connectivity index (χ4n) is 1.73. The topological polar surface area (TPSA) is 90.7 Å². The van der Waals surface area contributed by atoms with Crippen LogP contribution in [0.4, 0.5) is 10.5 Å². The lowest BCUT2D eigenvalue weighted by molar-refractivity contribution is -0.386. The van der Waals surface area contributed by atoms with Gasteiger partial charge in [0.1, 0.15) is 6.61 Å². The van der Waals surface area contributed by atoms with Crippen molar-refractivity contribution >= 4 is 11.8 Å². The van der Waals surface area contributed by atoms with E-state index in [2.05, 4.69) is 5.32 Å². The molecule has 0 aliphatic carbocycles. The zero-order valence-corrected chi connectivity index (χ0v) is 9.00. The Bertz CT molecular complexity index is 474. The lowest BCUT2D eigenvalue weighted by Crippen LogP contribution is -2.19. The average Bonchev–Trinajstić information content (AvgIpc) is 2.74. The van der Waals surface area contributed by atoms with Crippen molar-refractivity contribution in [3.05, 3.63) is 33.9 Å². The van der Waals surface area contributed by atoms with Gasteiger partial charge in [-0.05, 0) is 12.1 Å². The first-order chi connectivity index (χ1) is 8.13. The minimum absolute atomic E-state index is 0.0762. The van der Waals surface area contributed by atoms with Gasteiger partial charge < -0.3 is 14.8 Å². The summed E-state index contributed by atoms with van der Waals surface area (Å²) in [7, 11) is 1.36. The molecule has 1 saturated heterocycles. The first-order valence-corrected chi connectivity index (χ1v) is 4.88. The molecular weight excluding hydrogens is 228 g/mol. The van der Waals surface area contributed by atoms with E-state index in [-0.39, 0.29) is 18.0 Å². The first-order valence-electron chi connectivity index (χ1n) is 4.88. The van der Waals surface area contributed by atoms with Crippen LogP contribution in [0.25, 0.3) is 0 Å². The Labute approximate surface area is 96.5 Å². The normalized spacial score (nSPS) is 18.4. The molecule has 0 saturated carbocycles. The van der Waals surface area contributed by atoms with Crippen molar-refractivity contribution in [2.24, 2.45) is 0 Å². The number of cyclic esters (lactones) is 1. The highest BCUT2D eigenvalue weighted by Crippen LogP contribution is 2.35. The first kappa shape index (κ1) is 11.2. The third-order valence-electron chi connectivity index (χ3n) is 2.48. The molecule has 1 atom stereocenters. The van der Waals surface area contributed by atoms with E-state index in [0.717, 1.165) is 0 Å². The number of alkyl carbamates (subject to hydrolysis) is 1. The smallest absolute Gasteiger partial charge is 0.407 e. The molecule has 1 aromatic carbocycles. The third kappa shape index (κ3) is 1.99. The van der Waals surface area contributed by atoms with Crippen LogP contribution in [-0.4, -0.2) is 24.7 Å². The monoisotopic (exact) mass is 238 g/mol. The van der Waals surface area contributed by atoms with Crippen LogP contribution in [-0.2, 0) is 4.74 Å².